The maximum Gasteiger partial charge on any atom is 0.328 e. The summed E-state index contributed by atoms with van der Waals surface area (Å²) in [5.74, 6) is -1.99. The second kappa shape index (κ2) is 14.1. The van der Waals surface area contributed by atoms with Crippen LogP contribution in [0.15, 0.2) is 107 Å². The molecule has 0 saturated heterocycles. The van der Waals surface area contributed by atoms with Crippen LogP contribution in [-0.4, -0.2) is 54.0 Å². The molecule has 0 spiro atoms. The Bertz CT molecular complexity index is 2600. The summed E-state index contributed by atoms with van der Waals surface area (Å²) in [6.45, 7) is 3.24. The number of aryl methyl sites for hydroxylation is 2. The molecule has 0 bridgehead atoms. The van der Waals surface area contributed by atoms with Crippen LogP contribution in [-0.2, 0) is 20.2 Å². The quantitative estimate of drug-likeness (QED) is 0.0795. The number of hydrogen-bond donors (Lipinski definition) is 8. The number of anilines is 4. The molecule has 6 aromatic rings. The fourth-order valence-electron chi connectivity index (χ4n) is 5.96. The van der Waals surface area contributed by atoms with E-state index in [0.29, 0.717) is 44.6 Å². The van der Waals surface area contributed by atoms with E-state index in [1.807, 2.05) is 0 Å². The zero-order valence-electron chi connectivity index (χ0n) is 28.2. The number of fused-ring (bicyclic) bond motifs is 2. The third-order valence-corrected chi connectivity index (χ3v) is 10.3. The molecule has 0 heterocycles. The van der Waals surface area contributed by atoms with E-state index in [1.54, 1.807) is 38.1 Å². The first-order valence-electron chi connectivity index (χ1n) is 15.8. The molecule has 276 valence electrons. The summed E-state index contributed by atoms with van der Waals surface area (Å²) < 4.78 is 66.8. The Morgan fingerprint density at radius 1 is 0.500 bits per heavy atom. The number of benzene rings is 6. The number of carbonyl (C=O) groups is 3. The van der Waals surface area contributed by atoms with Crippen molar-refractivity contribution in [1.82, 2.24) is 10.6 Å². The summed E-state index contributed by atoms with van der Waals surface area (Å²) in [6.07, 6.45) is 0. The van der Waals surface area contributed by atoms with Crippen molar-refractivity contribution in [2.45, 2.75) is 23.6 Å². The van der Waals surface area contributed by atoms with Gasteiger partial charge in [-0.2, -0.15) is 16.8 Å². The van der Waals surface area contributed by atoms with Crippen LogP contribution in [0.5, 0.6) is 11.5 Å². The average Bonchev–Trinajstić information content (AvgIpc) is 3.07. The fraction of sp³-hybridized carbons (Fsp3) is 0.0541. The SMILES string of the molecule is Cc1cc(Nc2ccc(S(=O)(=O)O)c3cc(O)ccc23)ccc1C(=O)NC(=O)NC(=O)c1ccc(Nc2ccc(S(=O)(=O)O)c3cc(O)ccc23)cc1C. The Balaban J connectivity index is 1.12. The molecule has 17 heteroatoms. The van der Waals surface area contributed by atoms with Crippen molar-refractivity contribution in [3.8, 4) is 11.5 Å². The minimum absolute atomic E-state index is 0.0844. The van der Waals surface area contributed by atoms with Crippen molar-refractivity contribution in [2.24, 2.45) is 0 Å². The Morgan fingerprint density at radius 2 is 0.889 bits per heavy atom. The van der Waals surface area contributed by atoms with E-state index in [-0.39, 0.29) is 43.2 Å². The molecule has 0 aliphatic carbocycles. The third-order valence-electron chi connectivity index (χ3n) is 8.43. The zero-order chi connectivity index (χ0) is 39.1. The highest BCUT2D eigenvalue weighted by Crippen LogP contribution is 2.35. The highest BCUT2D eigenvalue weighted by atomic mass is 32.2. The van der Waals surface area contributed by atoms with Crippen LogP contribution in [0.3, 0.4) is 0 Å². The minimum atomic E-state index is -4.58. The third kappa shape index (κ3) is 7.79. The summed E-state index contributed by atoms with van der Waals surface area (Å²) in [5, 5.41) is 31.2. The minimum Gasteiger partial charge on any atom is -0.508 e. The van der Waals surface area contributed by atoms with Crippen molar-refractivity contribution in [2.75, 3.05) is 10.6 Å². The number of hydrogen-bond acceptors (Lipinski definition) is 11. The lowest BCUT2D eigenvalue weighted by Crippen LogP contribution is -2.42. The van der Waals surface area contributed by atoms with Gasteiger partial charge in [0.1, 0.15) is 21.3 Å². The van der Waals surface area contributed by atoms with Crippen LogP contribution < -0.4 is 21.3 Å². The molecule has 6 rings (SSSR count). The molecule has 0 saturated carbocycles. The molecule has 54 heavy (non-hydrogen) atoms. The molecule has 0 aromatic heterocycles. The first-order valence-corrected chi connectivity index (χ1v) is 18.7. The summed E-state index contributed by atoms with van der Waals surface area (Å²) in [6, 6.07) is 21.5. The van der Waals surface area contributed by atoms with Gasteiger partial charge in [0.2, 0.25) is 0 Å². The highest BCUT2D eigenvalue weighted by molar-refractivity contribution is 7.86. The maximum atomic E-state index is 13.0. The first kappa shape index (κ1) is 37.2. The van der Waals surface area contributed by atoms with E-state index in [1.165, 1.54) is 72.8 Å². The van der Waals surface area contributed by atoms with Gasteiger partial charge in [0.05, 0.1) is 0 Å². The normalized spacial score (nSPS) is 11.6. The topological polar surface area (TPSA) is 249 Å². The van der Waals surface area contributed by atoms with E-state index >= 15 is 0 Å². The Kier molecular flexibility index (Phi) is 9.74. The van der Waals surface area contributed by atoms with Crippen LogP contribution in [0.4, 0.5) is 27.5 Å². The van der Waals surface area contributed by atoms with Crippen molar-refractivity contribution >= 4 is 82.4 Å². The number of urea groups is 1. The van der Waals surface area contributed by atoms with Gasteiger partial charge in [0, 0.05) is 55.4 Å². The molecule has 0 aliphatic heterocycles. The Hall–Kier alpha value is -6.53. The van der Waals surface area contributed by atoms with Crippen molar-refractivity contribution in [3.05, 3.63) is 119 Å². The van der Waals surface area contributed by atoms with Crippen molar-refractivity contribution in [1.29, 1.82) is 0 Å². The summed E-state index contributed by atoms with van der Waals surface area (Å²) in [5.41, 5.74) is 3.01. The number of rotatable bonds is 8. The van der Waals surface area contributed by atoms with E-state index < -0.39 is 38.1 Å². The molecular weight excluding hydrogens is 741 g/mol. The Morgan fingerprint density at radius 3 is 1.24 bits per heavy atom. The van der Waals surface area contributed by atoms with Gasteiger partial charge in [-0.05, 0) is 122 Å². The van der Waals surface area contributed by atoms with Crippen LogP contribution in [0.1, 0.15) is 31.8 Å². The summed E-state index contributed by atoms with van der Waals surface area (Å²) >= 11 is 0. The lowest BCUT2D eigenvalue weighted by atomic mass is 10.1. The number of phenolic OH excluding ortho intramolecular Hbond substituents is 2. The maximum absolute atomic E-state index is 13.0. The number of amides is 4. The second-order valence-corrected chi connectivity index (χ2v) is 15.0. The predicted octanol–water partition coefficient (Wildman–Crippen LogP) is 6.28. The van der Waals surface area contributed by atoms with Gasteiger partial charge in [-0.25, -0.2) is 4.79 Å². The molecule has 0 fully saturated rings. The smallest absolute Gasteiger partial charge is 0.328 e. The highest BCUT2D eigenvalue weighted by Gasteiger charge is 2.20. The number of aromatic hydroxyl groups is 2. The van der Waals surface area contributed by atoms with Crippen LogP contribution in [0, 0.1) is 13.8 Å². The lowest BCUT2D eigenvalue weighted by Gasteiger charge is -2.15. The number of imide groups is 2. The lowest BCUT2D eigenvalue weighted by molar-refractivity contribution is 0.0944. The van der Waals surface area contributed by atoms with Gasteiger partial charge in [-0.1, -0.05) is 0 Å². The number of carbonyl (C=O) groups excluding carboxylic acids is 3. The second-order valence-electron chi connectivity index (χ2n) is 12.2. The molecule has 6 aromatic carbocycles. The van der Waals surface area contributed by atoms with Gasteiger partial charge in [-0.15, -0.1) is 0 Å². The van der Waals surface area contributed by atoms with E-state index in [0.717, 1.165) is 0 Å². The molecule has 0 unspecified atom stereocenters. The monoisotopic (exact) mass is 770 g/mol. The molecule has 0 atom stereocenters. The number of phenols is 2. The van der Waals surface area contributed by atoms with E-state index in [9.17, 15) is 50.5 Å². The van der Waals surface area contributed by atoms with Gasteiger partial charge >= 0.3 is 6.03 Å². The van der Waals surface area contributed by atoms with Gasteiger partial charge in [-0.3, -0.25) is 29.3 Å². The summed E-state index contributed by atoms with van der Waals surface area (Å²) in [4.78, 5) is 37.9. The van der Waals surface area contributed by atoms with Crippen molar-refractivity contribution in [3.63, 3.8) is 0 Å². The van der Waals surface area contributed by atoms with E-state index in [2.05, 4.69) is 21.3 Å². The molecule has 15 nitrogen and oxygen atoms in total. The predicted molar refractivity (Wildman–Crippen MR) is 200 cm³/mol. The average molecular weight is 771 g/mol. The zero-order valence-corrected chi connectivity index (χ0v) is 29.8. The summed E-state index contributed by atoms with van der Waals surface area (Å²) in [7, 11) is -9.17. The first-order chi connectivity index (χ1) is 25.4. The van der Waals surface area contributed by atoms with Gasteiger partial charge in [0.25, 0.3) is 32.1 Å². The largest absolute Gasteiger partial charge is 0.508 e. The van der Waals surface area contributed by atoms with Crippen molar-refractivity contribution < 1.29 is 50.5 Å². The Labute approximate surface area is 307 Å². The van der Waals surface area contributed by atoms with Crippen LogP contribution in [0.25, 0.3) is 21.5 Å². The van der Waals surface area contributed by atoms with Gasteiger partial charge < -0.3 is 20.8 Å². The van der Waals surface area contributed by atoms with E-state index in [4.69, 9.17) is 0 Å². The molecule has 0 radical (unpaired) electrons. The molecule has 0 aliphatic rings. The molecule has 8 N–H and O–H groups in total. The molecular formula is C37H30N4O11S2. The van der Waals surface area contributed by atoms with Gasteiger partial charge in [0.15, 0.2) is 0 Å². The van der Waals surface area contributed by atoms with Crippen LogP contribution in [0.2, 0.25) is 0 Å². The number of nitrogens with one attached hydrogen (secondary N) is 4. The molecule has 4 amide bonds. The van der Waals surface area contributed by atoms with Crippen LogP contribution >= 0.6 is 0 Å². The standard InChI is InChI=1S/C37H30N4O11S2/c1-19-15-21(38-31-11-13-33(53(47,48)49)29-17-23(42)5-9-27(29)31)3-7-25(19)35(44)40-37(46)41-36(45)26-8-4-22(16-20(26)2)39-32-12-14-34(54(50,51)52)30-18-24(43)6-10-28(30)32/h3-18,38-39,42-43H,1-2H3,(H,47,48,49)(H,50,51,52)(H2,40,41,44,45,46). The fourth-order valence-corrected chi connectivity index (χ4v) is 7.34.